The largest absolute Gasteiger partial charge is 0.462 e. The molecule has 9 nitrogen and oxygen atoms in total. The van der Waals surface area contributed by atoms with Crippen LogP contribution in [0.15, 0.2) is 36.2 Å². The maximum atomic E-state index is 17.4. The summed E-state index contributed by atoms with van der Waals surface area (Å²) in [6, 6.07) is 2.98. The van der Waals surface area contributed by atoms with Crippen molar-refractivity contribution in [3.05, 3.63) is 53.5 Å². The first-order chi connectivity index (χ1) is 26.7. The highest BCUT2D eigenvalue weighted by Gasteiger charge is 2.56. The highest BCUT2D eigenvalue weighted by molar-refractivity contribution is 6.05. The van der Waals surface area contributed by atoms with E-state index in [-0.39, 0.29) is 83.5 Å². The number of fused-ring (bicyclic) bond motifs is 3. The van der Waals surface area contributed by atoms with Crippen molar-refractivity contribution in [3.8, 4) is 34.9 Å². The molecule has 2 aromatic heterocycles. The number of nitrogens with zero attached hydrogens (tertiary/aromatic N) is 5. The third-order valence-electron chi connectivity index (χ3n) is 9.25. The zero-order valence-electron chi connectivity index (χ0n) is 33.8. The Balaban J connectivity index is 1.50. The van der Waals surface area contributed by atoms with Crippen LogP contribution in [0, 0.1) is 34.8 Å². The van der Waals surface area contributed by atoms with Crippen molar-refractivity contribution < 1.29 is 45.8 Å². The van der Waals surface area contributed by atoms with Gasteiger partial charge in [-0.05, 0) is 55.4 Å². The number of pyridine rings is 1. The summed E-state index contributed by atoms with van der Waals surface area (Å²) in [4.78, 5) is 15.7. The van der Waals surface area contributed by atoms with Gasteiger partial charge < -0.3 is 29.7 Å². The van der Waals surface area contributed by atoms with E-state index in [2.05, 4.69) is 26.8 Å². The minimum atomic E-state index is -3.88. The summed E-state index contributed by atoms with van der Waals surface area (Å²) in [5.74, 6) is 1.29. The van der Waals surface area contributed by atoms with Crippen LogP contribution >= 0.6 is 0 Å². The summed E-state index contributed by atoms with van der Waals surface area (Å²) in [6.07, 6.45) is -1.37. The molecular weight excluding hydrogens is 659 g/mol. The van der Waals surface area contributed by atoms with Crippen LogP contribution in [0.5, 0.6) is 11.8 Å². The van der Waals surface area contributed by atoms with Crippen LogP contribution in [-0.2, 0) is 4.74 Å². The van der Waals surface area contributed by atoms with Crippen molar-refractivity contribution in [1.82, 2.24) is 19.9 Å². The standard InChI is InChI=1S/C36H35F5N6O3/c1-4-5-25-27-31(29(41)30(43-25)22-13-21(42)12-19-6-7-24(39)33(26(19)22)50-18-38)44-35(49-17-36(2)16-46(3)9-8-20(36)14-37)45-34(27)47-10-11-48-15-23-28(40)32(23)47/h6-7,12-14,23,28,32H,8-11,15-18,42H2,1-3H3/b20-14+/t23-,28-,32-,36-/m0/s1/i3D3,17D2,18D2. The lowest BCUT2D eigenvalue weighted by molar-refractivity contribution is 0.109. The fourth-order valence-electron chi connectivity index (χ4n) is 6.74. The van der Waals surface area contributed by atoms with E-state index in [4.69, 9.17) is 29.5 Å². The minimum Gasteiger partial charge on any atom is -0.462 e. The highest BCUT2D eigenvalue weighted by atomic mass is 19.1. The first kappa shape index (κ1) is 26.1. The van der Waals surface area contributed by atoms with Crippen molar-refractivity contribution in [2.24, 2.45) is 11.3 Å². The molecule has 14 heteroatoms. The molecule has 0 amide bonds. The number of alkyl halides is 2. The second kappa shape index (κ2) is 13.2. The average molecular weight is 702 g/mol. The number of nitrogen functional groups attached to an aromatic ring is 1. The molecule has 4 aromatic rings. The van der Waals surface area contributed by atoms with E-state index < -0.39 is 85.0 Å². The number of piperidine rings is 1. The molecule has 0 spiro atoms. The molecule has 1 aliphatic carbocycles. The SMILES string of the molecule is [2H]C([2H])(F)Oc1c(F)ccc2cc(N)cc(-c3nc(C#CC)c4c(N5CCOC[C@H]6[C@H](F)[C@H]65)nc(OC([2H])([2H])[C@]5(C)CN(C([2H])([2H])[2H])CC/C5=C\F)nc4c3F)c12. The smallest absolute Gasteiger partial charge is 0.319 e. The van der Waals surface area contributed by atoms with Crippen molar-refractivity contribution in [1.29, 1.82) is 0 Å². The molecule has 2 saturated heterocycles. The van der Waals surface area contributed by atoms with E-state index >= 15 is 13.2 Å². The van der Waals surface area contributed by atoms with Crippen LogP contribution in [0.3, 0.4) is 0 Å². The molecule has 4 heterocycles. The van der Waals surface area contributed by atoms with Gasteiger partial charge in [-0.15, -0.1) is 0 Å². The zero-order valence-corrected chi connectivity index (χ0v) is 26.8. The number of nitrogens with two attached hydrogens (primary N) is 1. The quantitative estimate of drug-likeness (QED) is 0.139. The summed E-state index contributed by atoms with van der Waals surface area (Å²) in [5.41, 5.74) is 2.43. The van der Waals surface area contributed by atoms with Crippen LogP contribution in [0.1, 0.15) is 35.6 Å². The number of ether oxygens (including phenoxy) is 3. The molecule has 4 atom stereocenters. The number of hydrogen-bond donors (Lipinski definition) is 1. The zero-order chi connectivity index (χ0) is 41.4. The molecule has 50 heavy (non-hydrogen) atoms. The van der Waals surface area contributed by atoms with E-state index in [9.17, 15) is 8.78 Å². The van der Waals surface area contributed by atoms with Crippen LogP contribution in [-0.4, -0.2) is 85.3 Å². The van der Waals surface area contributed by atoms with Crippen LogP contribution in [0.4, 0.5) is 33.5 Å². The summed E-state index contributed by atoms with van der Waals surface area (Å²) in [7, 11) is 0. The van der Waals surface area contributed by atoms with Gasteiger partial charge in [-0.3, -0.25) is 0 Å². The second-order valence-corrected chi connectivity index (χ2v) is 12.5. The molecule has 262 valence electrons. The van der Waals surface area contributed by atoms with Crippen molar-refractivity contribution in [3.63, 3.8) is 0 Å². The van der Waals surface area contributed by atoms with Gasteiger partial charge in [-0.1, -0.05) is 18.9 Å². The lowest BCUT2D eigenvalue weighted by Crippen LogP contribution is -2.44. The molecule has 7 rings (SSSR count). The van der Waals surface area contributed by atoms with Gasteiger partial charge in [0.25, 0.3) is 0 Å². The fraction of sp³-hybridized carbons (Fsp3) is 0.417. The predicted molar refractivity (Wildman–Crippen MR) is 179 cm³/mol. The molecule has 2 N–H and O–H groups in total. The Hall–Kier alpha value is -4.74. The lowest BCUT2D eigenvalue weighted by atomic mass is 9.78. The minimum absolute atomic E-state index is 0.00483. The van der Waals surface area contributed by atoms with Crippen molar-refractivity contribution in [2.75, 3.05) is 63.8 Å². The van der Waals surface area contributed by atoms with E-state index in [0.717, 1.165) is 11.0 Å². The van der Waals surface area contributed by atoms with Crippen LogP contribution < -0.4 is 20.1 Å². The maximum Gasteiger partial charge on any atom is 0.319 e. The van der Waals surface area contributed by atoms with Gasteiger partial charge in [0.15, 0.2) is 17.4 Å². The number of benzene rings is 2. The van der Waals surface area contributed by atoms with E-state index in [1.807, 2.05) is 0 Å². The third-order valence-corrected chi connectivity index (χ3v) is 9.25. The second-order valence-electron chi connectivity index (χ2n) is 12.5. The van der Waals surface area contributed by atoms with Crippen LogP contribution in [0.2, 0.25) is 0 Å². The fourth-order valence-corrected chi connectivity index (χ4v) is 6.74. The Morgan fingerprint density at radius 1 is 1.20 bits per heavy atom. The lowest BCUT2D eigenvalue weighted by Gasteiger charge is -2.40. The first-order valence-electron chi connectivity index (χ1n) is 19.2. The number of likely N-dealkylation sites (tertiary alicyclic amines) is 1. The molecule has 0 radical (unpaired) electrons. The third kappa shape index (κ3) is 5.82. The summed E-state index contributed by atoms with van der Waals surface area (Å²) < 4.78 is 149. The number of aromatic nitrogens is 3. The Labute approximate surface area is 295 Å². The van der Waals surface area contributed by atoms with E-state index in [0.29, 0.717) is 0 Å². The molecule has 3 aliphatic rings. The summed E-state index contributed by atoms with van der Waals surface area (Å²) in [6.45, 7) is -7.24. The van der Waals surface area contributed by atoms with Gasteiger partial charge in [0.05, 0.1) is 33.7 Å². The van der Waals surface area contributed by atoms with E-state index in [1.54, 1.807) is 0 Å². The molecule has 1 saturated carbocycles. The van der Waals surface area contributed by atoms with Crippen molar-refractivity contribution in [2.45, 2.75) is 32.5 Å². The molecular formula is C36H35F5N6O3. The molecule has 0 unspecified atom stereocenters. The van der Waals surface area contributed by atoms with Gasteiger partial charge in [-0.2, -0.15) is 9.97 Å². The Morgan fingerprint density at radius 2 is 2.04 bits per heavy atom. The monoisotopic (exact) mass is 701 g/mol. The number of rotatable bonds is 7. The van der Waals surface area contributed by atoms with Gasteiger partial charge in [0.2, 0.25) is 6.81 Å². The van der Waals surface area contributed by atoms with Crippen LogP contribution in [0.25, 0.3) is 32.9 Å². The van der Waals surface area contributed by atoms with Gasteiger partial charge in [0, 0.05) is 51.7 Å². The Morgan fingerprint density at radius 3 is 2.80 bits per heavy atom. The topological polar surface area (TPSA) is 98.9 Å². The molecule has 2 aliphatic heterocycles. The predicted octanol–water partition coefficient (Wildman–Crippen LogP) is 6.13. The van der Waals surface area contributed by atoms with Crippen molar-refractivity contribution >= 4 is 33.2 Å². The summed E-state index contributed by atoms with van der Waals surface area (Å²) >= 11 is 0. The normalized spacial score (nSPS) is 27.4. The first-order valence-corrected chi connectivity index (χ1v) is 15.7. The molecule has 3 fully saturated rings. The molecule has 2 aromatic carbocycles. The molecule has 0 bridgehead atoms. The number of hydrogen-bond acceptors (Lipinski definition) is 9. The Kier molecular flexibility index (Phi) is 6.89. The van der Waals surface area contributed by atoms with Gasteiger partial charge in [-0.25, -0.2) is 26.9 Å². The highest BCUT2D eigenvalue weighted by Crippen LogP contribution is 2.46. The van der Waals surface area contributed by atoms with E-state index in [1.165, 1.54) is 36.9 Å². The van der Waals surface area contributed by atoms with Gasteiger partial charge >= 0.3 is 6.01 Å². The summed E-state index contributed by atoms with van der Waals surface area (Å²) in [5, 5.41) is -0.400. The Bertz CT molecular complexity index is 2370. The number of anilines is 2. The number of halogens is 5. The average Bonchev–Trinajstić information content (AvgIpc) is 3.82. The maximum absolute atomic E-state index is 17.4. The van der Waals surface area contributed by atoms with Gasteiger partial charge in [0.1, 0.15) is 38.2 Å².